The average molecular weight is 457 g/mol. The highest BCUT2D eigenvalue weighted by atomic mass is 35.5. The number of hydrogen-bond donors (Lipinski definition) is 3. The van der Waals surface area contributed by atoms with Gasteiger partial charge in [-0.2, -0.15) is 0 Å². The van der Waals surface area contributed by atoms with Crippen molar-refractivity contribution in [3.05, 3.63) is 34.6 Å². The minimum absolute atomic E-state index is 0.263. The maximum Gasteiger partial charge on any atom is 0.298 e. The van der Waals surface area contributed by atoms with Crippen molar-refractivity contribution in [1.29, 1.82) is 0 Å². The van der Waals surface area contributed by atoms with E-state index in [0.717, 1.165) is 5.01 Å². The van der Waals surface area contributed by atoms with Crippen molar-refractivity contribution in [2.45, 2.75) is 43.9 Å². The molecule has 2 amide bonds. The largest absolute Gasteiger partial charge is 0.368 e. The van der Waals surface area contributed by atoms with Crippen molar-refractivity contribution < 1.29 is 23.2 Å². The maximum absolute atomic E-state index is 14.9. The Morgan fingerprint density at radius 1 is 1.45 bits per heavy atom. The lowest BCUT2D eigenvalue weighted by atomic mass is 9.94. The van der Waals surface area contributed by atoms with Crippen molar-refractivity contribution in [2.24, 2.45) is 15.8 Å². The molecule has 12 heteroatoms. The average Bonchev–Trinajstić information content (AvgIpc) is 3.48. The lowest BCUT2D eigenvalue weighted by Gasteiger charge is -2.39. The summed E-state index contributed by atoms with van der Waals surface area (Å²) in [5.41, 5.74) is 7.82. The van der Waals surface area contributed by atoms with Crippen LogP contribution in [0, 0.1) is 5.82 Å². The van der Waals surface area contributed by atoms with E-state index in [-0.39, 0.29) is 10.9 Å². The number of carbonyl (C=O) groups excluding carboxylic acids is 2. The van der Waals surface area contributed by atoms with Gasteiger partial charge in [-0.1, -0.05) is 17.7 Å². The summed E-state index contributed by atoms with van der Waals surface area (Å²) >= 11 is 6.20. The van der Waals surface area contributed by atoms with Crippen LogP contribution in [0.15, 0.2) is 28.3 Å². The first kappa shape index (κ1) is 22.7. The van der Waals surface area contributed by atoms with E-state index in [4.69, 9.17) is 22.2 Å². The Bertz CT molecular complexity index is 964. The van der Waals surface area contributed by atoms with Crippen LogP contribution >= 0.6 is 11.6 Å². The standard InChI is InChI=1S/C19H23ClF2N6O3/c1-10(15(23)30)25-14(29)9-28-18(2,22)17(26-28)31-27-16(24-3)19(6-7-19)12-5-4-11(21)8-13(12)20/h4-5,8,10H,6-7,9H2,1-3H3,(H2,23,30)(H,24,27)(H,25,29)/t10-,18-/m0/s1. The molecule has 1 aliphatic carbocycles. The summed E-state index contributed by atoms with van der Waals surface area (Å²) in [6.07, 6.45) is 1.40. The van der Waals surface area contributed by atoms with Gasteiger partial charge in [0.2, 0.25) is 11.8 Å². The number of hydrogen-bond acceptors (Lipinski definition) is 6. The lowest BCUT2D eigenvalue weighted by molar-refractivity contribution is -0.131. The van der Waals surface area contributed by atoms with Crippen LogP contribution in [0.5, 0.6) is 0 Å². The Morgan fingerprint density at radius 2 is 2.13 bits per heavy atom. The summed E-state index contributed by atoms with van der Waals surface area (Å²) in [5.74, 6) is -3.85. The molecule has 1 heterocycles. The molecule has 0 unspecified atom stereocenters. The minimum atomic E-state index is -2.16. The van der Waals surface area contributed by atoms with Crippen LogP contribution in [0.2, 0.25) is 5.02 Å². The molecule has 168 valence electrons. The number of amides is 2. The van der Waals surface area contributed by atoms with Gasteiger partial charge in [-0.3, -0.25) is 14.6 Å². The number of amidine groups is 1. The molecule has 1 aromatic rings. The topological polar surface area (TPSA) is 121 Å². The van der Waals surface area contributed by atoms with Gasteiger partial charge in [0.05, 0.1) is 5.41 Å². The first-order chi connectivity index (χ1) is 14.5. The second-order valence-electron chi connectivity index (χ2n) is 7.59. The maximum atomic E-state index is 14.9. The van der Waals surface area contributed by atoms with E-state index in [2.05, 4.69) is 20.9 Å². The fourth-order valence-electron chi connectivity index (χ4n) is 3.24. The number of nitrogens with one attached hydrogen (secondary N) is 2. The van der Waals surface area contributed by atoms with Gasteiger partial charge in [0.25, 0.3) is 11.7 Å². The zero-order chi connectivity index (χ0) is 23.0. The number of halogens is 3. The normalized spacial score (nSPS) is 22.7. The molecule has 1 aliphatic heterocycles. The fourth-order valence-corrected chi connectivity index (χ4v) is 3.59. The highest BCUT2D eigenvalue weighted by Gasteiger charge is 2.53. The number of nitrogens with zero attached hydrogens (tertiary/aromatic N) is 3. The minimum Gasteiger partial charge on any atom is -0.368 e. The van der Waals surface area contributed by atoms with Crippen LogP contribution in [0.1, 0.15) is 32.3 Å². The molecule has 0 aromatic heterocycles. The molecule has 1 aromatic carbocycles. The van der Waals surface area contributed by atoms with Crippen molar-refractivity contribution in [3.8, 4) is 0 Å². The summed E-state index contributed by atoms with van der Waals surface area (Å²) in [7, 11) is 1.54. The van der Waals surface area contributed by atoms with E-state index in [9.17, 15) is 18.4 Å². The van der Waals surface area contributed by atoms with Gasteiger partial charge in [-0.05, 0) is 44.4 Å². The molecule has 0 bridgehead atoms. The molecular formula is C19H23ClF2N6O3. The lowest BCUT2D eigenvalue weighted by Crippen LogP contribution is -2.60. The van der Waals surface area contributed by atoms with E-state index in [1.807, 2.05) is 0 Å². The zero-order valence-electron chi connectivity index (χ0n) is 17.2. The molecule has 31 heavy (non-hydrogen) atoms. The Morgan fingerprint density at radius 3 is 2.65 bits per heavy atom. The van der Waals surface area contributed by atoms with Crippen LogP contribution in [-0.4, -0.2) is 54.0 Å². The van der Waals surface area contributed by atoms with Gasteiger partial charge in [0.15, 0.2) is 0 Å². The molecule has 0 radical (unpaired) electrons. The summed E-state index contributed by atoms with van der Waals surface area (Å²) in [5, 5.41) is 7.34. The number of hydrazone groups is 1. The predicted octanol–water partition coefficient (Wildman–Crippen LogP) is 1.37. The van der Waals surface area contributed by atoms with Gasteiger partial charge in [0, 0.05) is 12.1 Å². The molecule has 2 aliphatic rings. The van der Waals surface area contributed by atoms with Crippen molar-refractivity contribution in [2.75, 3.05) is 13.6 Å². The van der Waals surface area contributed by atoms with Gasteiger partial charge in [0.1, 0.15) is 24.2 Å². The monoisotopic (exact) mass is 456 g/mol. The second kappa shape index (κ2) is 8.29. The Labute approximate surface area is 182 Å². The second-order valence-corrected chi connectivity index (χ2v) is 8.00. The highest BCUT2D eigenvalue weighted by molar-refractivity contribution is 6.32. The third-order valence-corrected chi connectivity index (χ3v) is 5.61. The van der Waals surface area contributed by atoms with Crippen LogP contribution < -0.4 is 16.5 Å². The van der Waals surface area contributed by atoms with Crippen LogP contribution in [-0.2, 0) is 19.8 Å². The smallest absolute Gasteiger partial charge is 0.298 e. The fraction of sp³-hybridized carbons (Fsp3) is 0.474. The van der Waals surface area contributed by atoms with E-state index in [1.54, 1.807) is 6.07 Å². The van der Waals surface area contributed by atoms with E-state index in [1.165, 1.54) is 33.0 Å². The number of benzene rings is 1. The predicted molar refractivity (Wildman–Crippen MR) is 110 cm³/mol. The third kappa shape index (κ3) is 4.41. The number of primary amides is 1. The van der Waals surface area contributed by atoms with Crippen molar-refractivity contribution >= 4 is 35.1 Å². The third-order valence-electron chi connectivity index (χ3n) is 5.30. The summed E-state index contributed by atoms with van der Waals surface area (Å²) < 4.78 is 28.3. The number of aliphatic imine (C=N–C) groups is 1. The Balaban J connectivity index is 1.63. The van der Waals surface area contributed by atoms with E-state index in [0.29, 0.717) is 24.2 Å². The number of alkyl halides is 1. The van der Waals surface area contributed by atoms with Gasteiger partial charge < -0.3 is 15.9 Å². The Hall–Kier alpha value is -2.95. The number of rotatable bonds is 6. The van der Waals surface area contributed by atoms with Crippen molar-refractivity contribution in [1.82, 2.24) is 15.8 Å². The quantitative estimate of drug-likeness (QED) is 0.258. The first-order valence-corrected chi connectivity index (χ1v) is 9.89. The summed E-state index contributed by atoms with van der Waals surface area (Å²) in [6, 6.07) is 3.23. The number of carbonyl (C=O) groups is 2. The van der Waals surface area contributed by atoms with Gasteiger partial charge >= 0.3 is 0 Å². The first-order valence-electron chi connectivity index (χ1n) is 9.51. The molecule has 0 spiro atoms. The summed E-state index contributed by atoms with van der Waals surface area (Å²) in [4.78, 5) is 32.4. The molecule has 4 N–H and O–H groups in total. The summed E-state index contributed by atoms with van der Waals surface area (Å²) in [6.45, 7) is 2.16. The molecule has 0 saturated heterocycles. The van der Waals surface area contributed by atoms with Crippen LogP contribution in [0.25, 0.3) is 0 Å². The Kier molecular flexibility index (Phi) is 6.08. The molecule has 3 rings (SSSR count). The highest BCUT2D eigenvalue weighted by Crippen LogP contribution is 2.51. The molecule has 1 fully saturated rings. The van der Waals surface area contributed by atoms with Crippen LogP contribution in [0.4, 0.5) is 8.78 Å². The number of hydroxylamine groups is 1. The van der Waals surface area contributed by atoms with E-state index < -0.39 is 41.4 Å². The SMILES string of the molecule is CN=C(NOC1=NN(CC(=O)N[C@@H](C)C(N)=O)[C@]1(C)F)C1(c2ccc(F)cc2Cl)CC1. The molecule has 9 nitrogen and oxygen atoms in total. The molecule has 1 saturated carbocycles. The van der Waals surface area contributed by atoms with Crippen LogP contribution in [0.3, 0.4) is 0 Å². The molecule has 2 atom stereocenters. The van der Waals surface area contributed by atoms with Gasteiger partial charge in [-0.15, -0.1) is 5.10 Å². The van der Waals surface area contributed by atoms with Crippen molar-refractivity contribution in [3.63, 3.8) is 0 Å². The molecular weight excluding hydrogens is 434 g/mol. The number of nitrogens with two attached hydrogens (primary N) is 1. The zero-order valence-corrected chi connectivity index (χ0v) is 18.0. The van der Waals surface area contributed by atoms with E-state index >= 15 is 0 Å². The van der Waals surface area contributed by atoms with Gasteiger partial charge in [-0.25, -0.2) is 19.3 Å².